The molecule has 0 aliphatic heterocycles. The molecule has 2 rings (SSSR count). The number of benzene rings is 1. The molecule has 0 radical (unpaired) electrons. The lowest BCUT2D eigenvalue weighted by atomic mass is 10.1. The number of fused-ring (bicyclic) bond motifs is 1. The SMILES string of the molecule is O=CNc1ccc2cc(OCF)ncc2c1. The summed E-state index contributed by atoms with van der Waals surface area (Å²) in [6, 6.07) is 6.96. The highest BCUT2D eigenvalue weighted by molar-refractivity contribution is 5.87. The molecule has 0 saturated carbocycles. The first-order valence-electron chi connectivity index (χ1n) is 4.62. The fraction of sp³-hybridized carbons (Fsp3) is 0.0909. The van der Waals surface area contributed by atoms with Crippen LogP contribution in [-0.2, 0) is 4.79 Å². The molecule has 4 nitrogen and oxygen atoms in total. The maximum Gasteiger partial charge on any atom is 0.230 e. The summed E-state index contributed by atoms with van der Waals surface area (Å²) < 4.78 is 16.6. The molecule has 0 spiro atoms. The Kier molecular flexibility index (Phi) is 2.95. The number of halogens is 1. The quantitative estimate of drug-likeness (QED) is 0.803. The van der Waals surface area contributed by atoms with Gasteiger partial charge in [-0.15, -0.1) is 0 Å². The summed E-state index contributed by atoms with van der Waals surface area (Å²) in [4.78, 5) is 14.2. The van der Waals surface area contributed by atoms with Gasteiger partial charge in [0.1, 0.15) is 0 Å². The number of nitrogens with zero attached hydrogens (tertiary/aromatic N) is 1. The Morgan fingerprint density at radius 1 is 1.38 bits per heavy atom. The number of carbonyl (C=O) groups excluding carboxylic acids is 1. The first-order chi connectivity index (χ1) is 7.83. The number of rotatable bonds is 4. The predicted octanol–water partition coefficient (Wildman–Crippen LogP) is 2.11. The normalized spacial score (nSPS) is 10.1. The van der Waals surface area contributed by atoms with Crippen LogP contribution < -0.4 is 10.1 Å². The smallest absolute Gasteiger partial charge is 0.230 e. The van der Waals surface area contributed by atoms with Gasteiger partial charge in [0.15, 0.2) is 0 Å². The van der Waals surface area contributed by atoms with E-state index in [0.717, 1.165) is 10.8 Å². The van der Waals surface area contributed by atoms with Crippen LogP contribution in [0.5, 0.6) is 5.88 Å². The van der Waals surface area contributed by atoms with Gasteiger partial charge in [-0.05, 0) is 17.5 Å². The van der Waals surface area contributed by atoms with Crippen LogP contribution in [-0.4, -0.2) is 18.3 Å². The van der Waals surface area contributed by atoms with Crippen LogP contribution in [0.2, 0.25) is 0 Å². The third-order valence-corrected chi connectivity index (χ3v) is 2.12. The summed E-state index contributed by atoms with van der Waals surface area (Å²) in [6.45, 7) is -0.900. The van der Waals surface area contributed by atoms with Crippen molar-refractivity contribution in [3.8, 4) is 5.88 Å². The Morgan fingerprint density at radius 3 is 3.00 bits per heavy atom. The molecule has 2 aromatic rings. The van der Waals surface area contributed by atoms with Crippen molar-refractivity contribution in [2.45, 2.75) is 0 Å². The van der Waals surface area contributed by atoms with Gasteiger partial charge in [0.2, 0.25) is 19.2 Å². The van der Waals surface area contributed by atoms with E-state index in [1.807, 2.05) is 0 Å². The summed E-state index contributed by atoms with van der Waals surface area (Å²) in [6.07, 6.45) is 2.17. The number of anilines is 1. The third kappa shape index (κ3) is 2.08. The Morgan fingerprint density at radius 2 is 2.25 bits per heavy atom. The highest BCUT2D eigenvalue weighted by Gasteiger charge is 2.00. The fourth-order valence-electron chi connectivity index (χ4n) is 1.41. The number of hydrogen-bond donors (Lipinski definition) is 1. The van der Waals surface area contributed by atoms with E-state index < -0.39 is 6.86 Å². The van der Waals surface area contributed by atoms with E-state index in [0.29, 0.717) is 12.1 Å². The van der Waals surface area contributed by atoms with Gasteiger partial charge in [-0.25, -0.2) is 9.37 Å². The van der Waals surface area contributed by atoms with Crippen molar-refractivity contribution >= 4 is 22.9 Å². The van der Waals surface area contributed by atoms with Crippen molar-refractivity contribution in [1.29, 1.82) is 0 Å². The second kappa shape index (κ2) is 4.57. The summed E-state index contributed by atoms with van der Waals surface area (Å²) in [5, 5.41) is 4.26. The number of carbonyl (C=O) groups is 1. The van der Waals surface area contributed by atoms with Gasteiger partial charge in [0, 0.05) is 23.3 Å². The van der Waals surface area contributed by atoms with Gasteiger partial charge < -0.3 is 10.1 Å². The Bertz CT molecular complexity index is 516. The molecule has 1 aromatic heterocycles. The molecule has 0 fully saturated rings. The van der Waals surface area contributed by atoms with Crippen molar-refractivity contribution in [3.63, 3.8) is 0 Å². The maximum atomic E-state index is 11.9. The van der Waals surface area contributed by atoms with Gasteiger partial charge in [0.25, 0.3) is 0 Å². The fourth-order valence-corrected chi connectivity index (χ4v) is 1.41. The largest absolute Gasteiger partial charge is 0.446 e. The first-order valence-corrected chi connectivity index (χ1v) is 4.62. The molecule has 1 N–H and O–H groups in total. The number of ether oxygens (including phenoxy) is 1. The first kappa shape index (κ1) is 10.4. The van der Waals surface area contributed by atoms with E-state index in [1.54, 1.807) is 30.5 Å². The standard InChI is InChI=1S/C11H9FN2O2/c12-6-16-11-4-8-1-2-10(14-7-15)3-9(8)5-13-11/h1-5,7H,6H2,(H,14,15). The predicted molar refractivity (Wildman–Crippen MR) is 58.0 cm³/mol. The van der Waals surface area contributed by atoms with Crippen LogP contribution in [0.15, 0.2) is 30.5 Å². The second-order valence-corrected chi connectivity index (χ2v) is 3.10. The molecule has 16 heavy (non-hydrogen) atoms. The van der Waals surface area contributed by atoms with E-state index in [4.69, 9.17) is 0 Å². The van der Waals surface area contributed by atoms with E-state index in [1.165, 1.54) is 0 Å². The van der Waals surface area contributed by atoms with Gasteiger partial charge in [-0.1, -0.05) is 6.07 Å². The van der Waals surface area contributed by atoms with Crippen LogP contribution in [0.4, 0.5) is 10.1 Å². The lowest BCUT2D eigenvalue weighted by Crippen LogP contribution is -1.94. The van der Waals surface area contributed by atoms with E-state index in [9.17, 15) is 9.18 Å². The maximum absolute atomic E-state index is 11.9. The molecule has 82 valence electrons. The highest BCUT2D eigenvalue weighted by atomic mass is 19.1. The Labute approximate surface area is 91.1 Å². The van der Waals surface area contributed by atoms with Gasteiger partial charge in [-0.3, -0.25) is 4.79 Å². The number of amides is 1. The van der Waals surface area contributed by atoms with Gasteiger partial charge in [-0.2, -0.15) is 0 Å². The molecule has 5 heteroatoms. The zero-order valence-electron chi connectivity index (χ0n) is 8.31. The molecule has 0 aliphatic rings. The number of hydrogen-bond acceptors (Lipinski definition) is 3. The number of pyridine rings is 1. The summed E-state index contributed by atoms with van der Waals surface area (Å²) in [5.41, 5.74) is 0.684. The average Bonchev–Trinajstić information content (AvgIpc) is 2.30. The minimum absolute atomic E-state index is 0.242. The lowest BCUT2D eigenvalue weighted by molar-refractivity contribution is -0.105. The Balaban J connectivity index is 2.40. The minimum Gasteiger partial charge on any atom is -0.446 e. The molecule has 1 amide bonds. The molecular formula is C11H9FN2O2. The van der Waals surface area contributed by atoms with E-state index in [-0.39, 0.29) is 5.88 Å². The molecule has 0 atom stereocenters. The number of aromatic nitrogens is 1. The monoisotopic (exact) mass is 220 g/mol. The molecule has 1 aromatic carbocycles. The zero-order chi connectivity index (χ0) is 11.4. The van der Waals surface area contributed by atoms with Crippen LogP contribution in [0.1, 0.15) is 0 Å². The van der Waals surface area contributed by atoms with Gasteiger partial charge in [0.05, 0.1) is 0 Å². The van der Waals surface area contributed by atoms with E-state index >= 15 is 0 Å². The van der Waals surface area contributed by atoms with Crippen molar-refractivity contribution < 1.29 is 13.9 Å². The van der Waals surface area contributed by atoms with Crippen LogP contribution in [0.25, 0.3) is 10.8 Å². The molecule has 0 saturated heterocycles. The zero-order valence-corrected chi connectivity index (χ0v) is 8.31. The van der Waals surface area contributed by atoms with Crippen molar-refractivity contribution in [2.24, 2.45) is 0 Å². The van der Waals surface area contributed by atoms with Crippen molar-refractivity contribution in [2.75, 3.05) is 12.2 Å². The lowest BCUT2D eigenvalue weighted by Gasteiger charge is -2.04. The molecule has 0 bridgehead atoms. The van der Waals surface area contributed by atoms with Crippen LogP contribution in [0.3, 0.4) is 0 Å². The average molecular weight is 220 g/mol. The highest BCUT2D eigenvalue weighted by Crippen LogP contribution is 2.21. The topological polar surface area (TPSA) is 51.2 Å². The van der Waals surface area contributed by atoms with Gasteiger partial charge >= 0.3 is 0 Å². The summed E-state index contributed by atoms with van der Waals surface area (Å²) >= 11 is 0. The molecule has 0 aliphatic carbocycles. The number of nitrogens with one attached hydrogen (secondary N) is 1. The second-order valence-electron chi connectivity index (χ2n) is 3.10. The molecule has 1 heterocycles. The summed E-state index contributed by atoms with van der Waals surface area (Å²) in [5.74, 6) is 0.242. The molecular weight excluding hydrogens is 211 g/mol. The number of alkyl halides is 1. The van der Waals surface area contributed by atoms with Crippen LogP contribution >= 0.6 is 0 Å². The van der Waals surface area contributed by atoms with Crippen molar-refractivity contribution in [3.05, 3.63) is 30.5 Å². The third-order valence-electron chi connectivity index (χ3n) is 2.12. The molecule has 0 unspecified atom stereocenters. The van der Waals surface area contributed by atoms with Crippen molar-refractivity contribution in [1.82, 2.24) is 4.98 Å². The minimum atomic E-state index is -0.900. The summed E-state index contributed by atoms with van der Waals surface area (Å²) in [7, 11) is 0. The Hall–Kier alpha value is -2.17. The van der Waals surface area contributed by atoms with Crippen LogP contribution in [0, 0.1) is 0 Å². The van der Waals surface area contributed by atoms with E-state index in [2.05, 4.69) is 15.0 Å².